The molecule has 0 saturated heterocycles. The first kappa shape index (κ1) is 19.2. The topological polar surface area (TPSA) is 85.9 Å². The molecule has 0 bridgehead atoms. The van der Waals surface area contributed by atoms with Gasteiger partial charge in [0, 0.05) is 6.42 Å². The van der Waals surface area contributed by atoms with Crippen LogP contribution in [0.2, 0.25) is 5.02 Å². The van der Waals surface area contributed by atoms with Crippen molar-refractivity contribution in [2.24, 2.45) is 0 Å². The Kier molecular flexibility index (Phi) is 6.11. The van der Waals surface area contributed by atoms with E-state index in [9.17, 15) is 18.8 Å². The van der Waals surface area contributed by atoms with E-state index in [4.69, 9.17) is 21.6 Å². The van der Waals surface area contributed by atoms with Gasteiger partial charge in [0.15, 0.2) is 11.6 Å². The third-order valence-corrected chi connectivity index (χ3v) is 3.99. The van der Waals surface area contributed by atoms with Crippen molar-refractivity contribution in [2.45, 2.75) is 12.5 Å². The first-order valence-electron chi connectivity index (χ1n) is 7.33. The zero-order valence-electron chi connectivity index (χ0n) is 13.5. The summed E-state index contributed by atoms with van der Waals surface area (Å²) in [7, 11) is 1.16. The highest BCUT2D eigenvalue weighted by atomic mass is 35.5. The van der Waals surface area contributed by atoms with Crippen LogP contribution < -0.4 is 5.32 Å². The zero-order chi connectivity index (χ0) is 19.3. The van der Waals surface area contributed by atoms with Gasteiger partial charge < -0.3 is 10.1 Å². The van der Waals surface area contributed by atoms with E-state index in [1.54, 1.807) is 36.4 Å². The number of hydrogen-bond acceptors (Lipinski definition) is 5. The molecule has 26 heavy (non-hydrogen) atoms. The smallest absolute Gasteiger partial charge is 0.328 e. The molecule has 5 nitrogen and oxygen atoms in total. The first-order valence-corrected chi connectivity index (χ1v) is 7.71. The quantitative estimate of drug-likeness (QED) is 0.638. The van der Waals surface area contributed by atoms with Crippen LogP contribution in [0.3, 0.4) is 0 Å². The number of nitriles is 2. The monoisotopic (exact) mass is 375 g/mol. The molecule has 0 heterocycles. The van der Waals surface area contributed by atoms with Crippen LogP contribution in [0.5, 0.6) is 0 Å². The van der Waals surface area contributed by atoms with Gasteiger partial charge in [0.25, 0.3) is 0 Å². The predicted octanol–water partition coefficient (Wildman–Crippen LogP) is 3.56. The molecule has 2 rings (SSSR count). The van der Waals surface area contributed by atoms with Crippen LogP contribution in [0.1, 0.15) is 16.7 Å². The van der Waals surface area contributed by atoms with E-state index in [0.29, 0.717) is 0 Å². The van der Waals surface area contributed by atoms with Crippen molar-refractivity contribution in [3.05, 3.63) is 63.7 Å². The molecule has 8 heteroatoms. The Balaban J connectivity index is 2.50. The van der Waals surface area contributed by atoms with Crippen LogP contribution in [0, 0.1) is 34.3 Å². The lowest BCUT2D eigenvalue weighted by Crippen LogP contribution is -2.33. The van der Waals surface area contributed by atoms with E-state index < -0.39 is 45.5 Å². The van der Waals surface area contributed by atoms with Crippen molar-refractivity contribution < 1.29 is 18.3 Å². The van der Waals surface area contributed by atoms with Crippen molar-refractivity contribution >= 4 is 23.3 Å². The van der Waals surface area contributed by atoms with Crippen LogP contribution in [-0.2, 0) is 16.0 Å². The van der Waals surface area contributed by atoms with Crippen molar-refractivity contribution in [3.8, 4) is 12.1 Å². The van der Waals surface area contributed by atoms with Gasteiger partial charge in [0.05, 0.1) is 12.8 Å². The summed E-state index contributed by atoms with van der Waals surface area (Å²) >= 11 is 5.87. The van der Waals surface area contributed by atoms with Crippen LogP contribution in [0.25, 0.3) is 0 Å². The lowest BCUT2D eigenvalue weighted by molar-refractivity contribution is -0.141. The molecule has 0 aromatic heterocycles. The number of halogens is 3. The summed E-state index contributed by atoms with van der Waals surface area (Å²) in [5.74, 6) is -3.36. The Labute approximate surface area is 153 Å². The number of methoxy groups -OCH3 is 1. The van der Waals surface area contributed by atoms with Gasteiger partial charge in [-0.05, 0) is 5.56 Å². The number of rotatable bonds is 5. The van der Waals surface area contributed by atoms with Crippen molar-refractivity contribution in [2.75, 3.05) is 12.4 Å². The highest BCUT2D eigenvalue weighted by Gasteiger charge is 2.28. The average Bonchev–Trinajstić information content (AvgIpc) is 2.66. The Morgan fingerprint density at radius 3 is 2.35 bits per heavy atom. The van der Waals surface area contributed by atoms with E-state index in [-0.39, 0.29) is 6.42 Å². The lowest BCUT2D eigenvalue weighted by Gasteiger charge is -2.20. The molecular formula is C18H12ClF2N3O2. The second-order valence-corrected chi connectivity index (χ2v) is 5.58. The number of anilines is 1. The fourth-order valence-corrected chi connectivity index (χ4v) is 2.60. The maximum atomic E-state index is 14.2. The number of benzene rings is 2. The van der Waals surface area contributed by atoms with Gasteiger partial charge in [-0.3, -0.25) is 0 Å². The average molecular weight is 376 g/mol. The number of nitrogens with one attached hydrogen (secondary N) is 1. The minimum Gasteiger partial charge on any atom is -0.467 e. The van der Waals surface area contributed by atoms with E-state index in [2.05, 4.69) is 5.32 Å². The molecule has 2 aromatic rings. The highest BCUT2D eigenvalue weighted by molar-refractivity contribution is 6.33. The minimum absolute atomic E-state index is 0.123. The molecule has 1 N–H and O–H groups in total. The van der Waals surface area contributed by atoms with Gasteiger partial charge >= 0.3 is 5.97 Å². The molecule has 0 radical (unpaired) electrons. The van der Waals surface area contributed by atoms with E-state index in [1.165, 1.54) is 6.07 Å². The highest BCUT2D eigenvalue weighted by Crippen LogP contribution is 2.34. The second-order valence-electron chi connectivity index (χ2n) is 5.20. The van der Waals surface area contributed by atoms with E-state index in [1.807, 2.05) is 0 Å². The third-order valence-electron chi connectivity index (χ3n) is 3.63. The number of nitrogens with zero attached hydrogens (tertiary/aromatic N) is 2. The van der Waals surface area contributed by atoms with Crippen molar-refractivity contribution in [1.82, 2.24) is 0 Å². The number of carbonyl (C=O) groups is 1. The van der Waals surface area contributed by atoms with Crippen LogP contribution in [-0.4, -0.2) is 19.1 Å². The van der Waals surface area contributed by atoms with Gasteiger partial charge in [0.1, 0.15) is 34.3 Å². The van der Waals surface area contributed by atoms with Gasteiger partial charge in [0.2, 0.25) is 0 Å². The Hall–Kier alpha value is -3.16. The molecule has 2 aromatic carbocycles. The molecule has 0 aliphatic heterocycles. The molecule has 0 aliphatic rings. The standard InChI is InChI=1S/C18H12ClF2N3O2/c1-26-18(25)13(7-10-5-3-2-4-6-10)24-17-12(9-23)15(20)11(8-22)16(21)14(17)19/h2-6,13,24H,7H2,1H3. The molecule has 0 saturated carbocycles. The predicted molar refractivity (Wildman–Crippen MR) is 90.4 cm³/mol. The third kappa shape index (κ3) is 3.74. The van der Waals surface area contributed by atoms with Gasteiger partial charge in [-0.1, -0.05) is 41.9 Å². The molecule has 132 valence electrons. The number of ether oxygens (including phenoxy) is 1. The summed E-state index contributed by atoms with van der Waals surface area (Å²) in [5.41, 5.74) is -1.28. The van der Waals surface area contributed by atoms with E-state index >= 15 is 0 Å². The summed E-state index contributed by atoms with van der Waals surface area (Å²) in [4.78, 5) is 12.1. The minimum atomic E-state index is -1.34. The zero-order valence-corrected chi connectivity index (χ0v) is 14.3. The lowest BCUT2D eigenvalue weighted by atomic mass is 10.0. The van der Waals surface area contributed by atoms with Gasteiger partial charge in [-0.15, -0.1) is 0 Å². The number of hydrogen-bond donors (Lipinski definition) is 1. The largest absolute Gasteiger partial charge is 0.467 e. The Morgan fingerprint density at radius 1 is 1.19 bits per heavy atom. The van der Waals surface area contributed by atoms with Crippen molar-refractivity contribution in [3.63, 3.8) is 0 Å². The first-order chi connectivity index (χ1) is 12.4. The summed E-state index contributed by atoms with van der Waals surface area (Å²) in [6, 6.07) is 10.6. The summed E-state index contributed by atoms with van der Waals surface area (Å²) in [6.07, 6.45) is 0.123. The molecule has 0 spiro atoms. The molecule has 0 amide bonds. The molecule has 1 atom stereocenters. The SMILES string of the molecule is COC(=O)C(Cc1ccccc1)Nc1c(Cl)c(F)c(C#N)c(F)c1C#N. The Morgan fingerprint density at radius 2 is 1.81 bits per heavy atom. The maximum absolute atomic E-state index is 14.2. The van der Waals surface area contributed by atoms with Crippen LogP contribution in [0.4, 0.5) is 14.5 Å². The molecule has 0 fully saturated rings. The summed E-state index contributed by atoms with van der Waals surface area (Å²) in [6.45, 7) is 0. The van der Waals surface area contributed by atoms with Gasteiger partial charge in [-0.2, -0.15) is 10.5 Å². The van der Waals surface area contributed by atoms with E-state index in [0.717, 1.165) is 12.7 Å². The molecular weight excluding hydrogens is 364 g/mol. The van der Waals surface area contributed by atoms with Crippen molar-refractivity contribution in [1.29, 1.82) is 10.5 Å². The molecule has 0 aliphatic carbocycles. The fourth-order valence-electron chi connectivity index (χ4n) is 2.36. The van der Waals surface area contributed by atoms with Gasteiger partial charge in [-0.25, -0.2) is 13.6 Å². The maximum Gasteiger partial charge on any atom is 0.328 e. The molecule has 1 unspecified atom stereocenters. The number of esters is 1. The Bertz CT molecular complexity index is 921. The van der Waals surface area contributed by atoms with Crippen LogP contribution in [0.15, 0.2) is 30.3 Å². The number of carbonyl (C=O) groups excluding carboxylic acids is 1. The van der Waals surface area contributed by atoms with Crippen LogP contribution >= 0.6 is 11.6 Å². The summed E-state index contributed by atoms with van der Waals surface area (Å²) < 4.78 is 33.1. The normalized spacial score (nSPS) is 11.2. The second kappa shape index (κ2) is 8.28. The fraction of sp³-hybridized carbons (Fsp3) is 0.167. The summed E-state index contributed by atoms with van der Waals surface area (Å²) in [5, 5.41) is 20.0.